The number of amides is 1. The molecule has 6 nitrogen and oxygen atoms in total. The van der Waals surface area contributed by atoms with E-state index in [9.17, 15) is 4.79 Å². The Balaban J connectivity index is 2.03. The Bertz CT molecular complexity index is 511. The van der Waals surface area contributed by atoms with Crippen LogP contribution < -0.4 is 15.8 Å². The van der Waals surface area contributed by atoms with E-state index in [1.165, 1.54) is 12.3 Å². The predicted octanol–water partition coefficient (Wildman–Crippen LogP) is 1.26. The second-order valence-corrected chi connectivity index (χ2v) is 3.50. The van der Waals surface area contributed by atoms with Gasteiger partial charge in [0.1, 0.15) is 12.4 Å². The molecule has 1 amide bonds. The summed E-state index contributed by atoms with van der Waals surface area (Å²) in [5.41, 5.74) is 5.96. The van der Waals surface area contributed by atoms with Gasteiger partial charge in [-0.1, -0.05) is 11.2 Å². The van der Waals surface area contributed by atoms with Crippen molar-refractivity contribution in [2.45, 2.75) is 0 Å². The first kappa shape index (κ1) is 12.1. The van der Waals surface area contributed by atoms with Crippen LogP contribution in [0.5, 0.6) is 5.75 Å². The molecule has 2 aromatic rings. The maximum Gasteiger partial charge on any atom is 0.294 e. The third kappa shape index (κ3) is 3.08. The minimum atomic E-state index is -0.358. The first-order valence-electron chi connectivity index (χ1n) is 5.44. The molecule has 0 aliphatic carbocycles. The average Bonchev–Trinajstić information content (AvgIpc) is 2.91. The summed E-state index contributed by atoms with van der Waals surface area (Å²) < 4.78 is 10.1. The van der Waals surface area contributed by atoms with E-state index in [1.807, 2.05) is 0 Å². The molecule has 0 saturated heterocycles. The normalized spacial score (nSPS) is 10.1. The molecule has 6 heteroatoms. The van der Waals surface area contributed by atoms with Gasteiger partial charge in [0, 0.05) is 24.4 Å². The Morgan fingerprint density at radius 1 is 1.44 bits per heavy atom. The molecule has 0 aliphatic heterocycles. The number of carbonyl (C=O) groups is 1. The number of aromatic nitrogens is 1. The van der Waals surface area contributed by atoms with E-state index in [4.69, 9.17) is 15.0 Å². The minimum Gasteiger partial charge on any atom is -0.492 e. The van der Waals surface area contributed by atoms with Gasteiger partial charge in [-0.25, -0.2) is 0 Å². The Morgan fingerprint density at radius 2 is 2.33 bits per heavy atom. The molecule has 18 heavy (non-hydrogen) atoms. The SMILES string of the molecule is NCCOc1cccc(NC(=O)c2ccno2)c1. The van der Waals surface area contributed by atoms with Crippen molar-refractivity contribution in [3.8, 4) is 5.75 Å². The lowest BCUT2D eigenvalue weighted by molar-refractivity contribution is 0.0988. The van der Waals surface area contributed by atoms with E-state index >= 15 is 0 Å². The molecule has 94 valence electrons. The van der Waals surface area contributed by atoms with Crippen LogP contribution in [0.4, 0.5) is 5.69 Å². The number of nitrogens with two attached hydrogens (primary N) is 1. The van der Waals surface area contributed by atoms with Gasteiger partial charge in [0.2, 0.25) is 5.76 Å². The third-order valence-corrected chi connectivity index (χ3v) is 2.14. The molecule has 0 aliphatic rings. The number of rotatable bonds is 5. The highest BCUT2D eigenvalue weighted by atomic mass is 16.5. The van der Waals surface area contributed by atoms with Crippen LogP contribution in [-0.2, 0) is 0 Å². The molecule has 0 atom stereocenters. The highest BCUT2D eigenvalue weighted by Gasteiger charge is 2.09. The average molecular weight is 247 g/mol. The monoisotopic (exact) mass is 247 g/mol. The first-order valence-corrected chi connectivity index (χ1v) is 5.44. The minimum absolute atomic E-state index is 0.156. The van der Waals surface area contributed by atoms with Gasteiger partial charge in [0.15, 0.2) is 0 Å². The number of ether oxygens (including phenoxy) is 1. The van der Waals surface area contributed by atoms with Crippen LogP contribution in [-0.4, -0.2) is 24.2 Å². The summed E-state index contributed by atoms with van der Waals surface area (Å²) in [6, 6.07) is 8.53. The second kappa shape index (κ2) is 5.83. The quantitative estimate of drug-likeness (QED) is 0.830. The van der Waals surface area contributed by atoms with E-state index in [1.54, 1.807) is 24.3 Å². The van der Waals surface area contributed by atoms with Gasteiger partial charge in [-0.2, -0.15) is 0 Å². The van der Waals surface area contributed by atoms with Crippen LogP contribution in [0.25, 0.3) is 0 Å². The smallest absolute Gasteiger partial charge is 0.294 e. The number of anilines is 1. The van der Waals surface area contributed by atoms with Gasteiger partial charge in [0.25, 0.3) is 5.91 Å². The molecular weight excluding hydrogens is 234 g/mol. The Kier molecular flexibility index (Phi) is 3.93. The Morgan fingerprint density at radius 3 is 3.06 bits per heavy atom. The highest BCUT2D eigenvalue weighted by Crippen LogP contribution is 2.17. The van der Waals surface area contributed by atoms with Crippen molar-refractivity contribution in [2.75, 3.05) is 18.5 Å². The summed E-state index contributed by atoms with van der Waals surface area (Å²) in [4.78, 5) is 11.7. The van der Waals surface area contributed by atoms with Crippen molar-refractivity contribution in [1.82, 2.24) is 5.16 Å². The standard InChI is InChI=1S/C12H13N3O3/c13-5-7-17-10-3-1-2-9(8-10)15-12(16)11-4-6-14-18-11/h1-4,6,8H,5,7,13H2,(H,15,16). The number of benzene rings is 1. The topological polar surface area (TPSA) is 90.4 Å². The van der Waals surface area contributed by atoms with E-state index in [0.717, 1.165) is 0 Å². The van der Waals surface area contributed by atoms with Gasteiger partial charge in [-0.15, -0.1) is 0 Å². The maximum absolute atomic E-state index is 11.7. The van der Waals surface area contributed by atoms with Gasteiger partial charge in [-0.05, 0) is 12.1 Å². The fourth-order valence-corrected chi connectivity index (χ4v) is 1.37. The van der Waals surface area contributed by atoms with Gasteiger partial charge < -0.3 is 20.3 Å². The third-order valence-electron chi connectivity index (χ3n) is 2.14. The molecule has 0 unspecified atom stereocenters. The summed E-state index contributed by atoms with van der Waals surface area (Å²) in [6.07, 6.45) is 1.41. The summed E-state index contributed by atoms with van der Waals surface area (Å²) in [7, 11) is 0. The molecule has 3 N–H and O–H groups in total. The highest BCUT2D eigenvalue weighted by molar-refractivity contribution is 6.02. The van der Waals surface area contributed by atoms with Gasteiger partial charge >= 0.3 is 0 Å². The zero-order chi connectivity index (χ0) is 12.8. The van der Waals surface area contributed by atoms with Crippen LogP contribution in [0, 0.1) is 0 Å². The molecule has 1 aromatic carbocycles. The van der Waals surface area contributed by atoms with Crippen LogP contribution in [0.2, 0.25) is 0 Å². The zero-order valence-electron chi connectivity index (χ0n) is 9.63. The van der Waals surface area contributed by atoms with Crippen LogP contribution >= 0.6 is 0 Å². The van der Waals surface area contributed by atoms with Crippen molar-refractivity contribution in [3.05, 3.63) is 42.3 Å². The number of nitrogens with zero attached hydrogens (tertiary/aromatic N) is 1. The van der Waals surface area contributed by atoms with Crippen LogP contribution in [0.15, 0.2) is 41.1 Å². The van der Waals surface area contributed by atoms with Gasteiger partial charge in [0.05, 0.1) is 6.20 Å². The van der Waals surface area contributed by atoms with E-state index in [0.29, 0.717) is 24.6 Å². The fraction of sp³-hybridized carbons (Fsp3) is 0.167. The molecular formula is C12H13N3O3. The Labute approximate surface area is 104 Å². The van der Waals surface area contributed by atoms with Crippen LogP contribution in [0.3, 0.4) is 0 Å². The molecule has 0 radical (unpaired) electrons. The van der Waals surface area contributed by atoms with E-state index in [2.05, 4.69) is 10.5 Å². The maximum atomic E-state index is 11.7. The van der Waals surface area contributed by atoms with Crippen molar-refractivity contribution in [2.24, 2.45) is 5.73 Å². The Hall–Kier alpha value is -2.34. The number of carbonyl (C=O) groups excluding carboxylic acids is 1. The molecule has 1 aromatic heterocycles. The molecule has 1 heterocycles. The van der Waals surface area contributed by atoms with Crippen molar-refractivity contribution in [3.63, 3.8) is 0 Å². The van der Waals surface area contributed by atoms with Gasteiger partial charge in [-0.3, -0.25) is 4.79 Å². The van der Waals surface area contributed by atoms with Crippen molar-refractivity contribution >= 4 is 11.6 Å². The summed E-state index contributed by atoms with van der Waals surface area (Å²) >= 11 is 0. The first-order chi connectivity index (χ1) is 8.79. The second-order valence-electron chi connectivity index (χ2n) is 3.50. The lowest BCUT2D eigenvalue weighted by Crippen LogP contribution is -2.12. The molecule has 0 spiro atoms. The lowest BCUT2D eigenvalue weighted by Gasteiger charge is -2.07. The summed E-state index contributed by atoms with van der Waals surface area (Å²) in [5, 5.41) is 6.15. The number of hydrogen-bond donors (Lipinski definition) is 2. The zero-order valence-corrected chi connectivity index (χ0v) is 9.63. The number of hydrogen-bond acceptors (Lipinski definition) is 5. The van der Waals surface area contributed by atoms with E-state index < -0.39 is 0 Å². The molecule has 0 bridgehead atoms. The van der Waals surface area contributed by atoms with Crippen molar-refractivity contribution in [1.29, 1.82) is 0 Å². The molecule has 2 rings (SSSR count). The summed E-state index contributed by atoms with van der Waals surface area (Å²) in [6.45, 7) is 0.869. The predicted molar refractivity (Wildman–Crippen MR) is 65.4 cm³/mol. The lowest BCUT2D eigenvalue weighted by atomic mass is 10.3. The largest absolute Gasteiger partial charge is 0.492 e. The molecule has 0 saturated carbocycles. The van der Waals surface area contributed by atoms with E-state index in [-0.39, 0.29) is 11.7 Å². The van der Waals surface area contributed by atoms with Crippen molar-refractivity contribution < 1.29 is 14.1 Å². The van der Waals surface area contributed by atoms with Crippen LogP contribution in [0.1, 0.15) is 10.6 Å². The summed E-state index contributed by atoms with van der Waals surface area (Å²) in [5.74, 6) is 0.447. The molecule has 0 fully saturated rings. The fourth-order valence-electron chi connectivity index (χ4n) is 1.37. The number of nitrogens with one attached hydrogen (secondary N) is 1.